The van der Waals surface area contributed by atoms with Gasteiger partial charge in [-0.3, -0.25) is 10.1 Å². The Labute approximate surface area is 230 Å². The molecule has 1 aliphatic carbocycles. The molecule has 0 radical (unpaired) electrons. The third-order valence-electron chi connectivity index (χ3n) is 6.91. The van der Waals surface area contributed by atoms with Gasteiger partial charge in [0.1, 0.15) is 0 Å². The van der Waals surface area contributed by atoms with Gasteiger partial charge in [-0.15, -0.1) is 0 Å². The topological polar surface area (TPSA) is 78.7 Å². The zero-order chi connectivity index (χ0) is 26.8. The first-order valence-electron chi connectivity index (χ1n) is 12.9. The molecule has 38 heavy (non-hydrogen) atoms. The summed E-state index contributed by atoms with van der Waals surface area (Å²) in [4.78, 5) is 27.4. The molecular formula is C31H31NO5Se. The molecule has 1 saturated carbocycles. The fourth-order valence-electron chi connectivity index (χ4n) is 5.06. The Bertz CT molecular complexity index is 1260. The number of nitro benzene ring substituents is 1. The van der Waals surface area contributed by atoms with Gasteiger partial charge >= 0.3 is 220 Å². The van der Waals surface area contributed by atoms with E-state index in [1.165, 1.54) is 28.7 Å². The summed E-state index contributed by atoms with van der Waals surface area (Å²) in [6.07, 6.45) is 3.74. The third kappa shape index (κ3) is 6.71. The number of hydrogen-bond acceptors (Lipinski definition) is 5. The van der Waals surface area contributed by atoms with Crippen molar-refractivity contribution in [2.24, 2.45) is 5.41 Å². The van der Waals surface area contributed by atoms with Crippen molar-refractivity contribution in [3.63, 3.8) is 0 Å². The van der Waals surface area contributed by atoms with Crippen LogP contribution in [0.2, 0.25) is 0 Å². The molecule has 0 N–H and O–H groups in total. The van der Waals surface area contributed by atoms with E-state index in [-0.39, 0.29) is 26.2 Å². The van der Waals surface area contributed by atoms with Crippen LogP contribution in [-0.4, -0.2) is 38.6 Å². The Morgan fingerprint density at radius 3 is 2.21 bits per heavy atom. The molecule has 1 aliphatic rings. The zero-order valence-electron chi connectivity index (χ0n) is 21.4. The number of nitrogens with zero attached hydrogens (tertiary/aromatic N) is 1. The van der Waals surface area contributed by atoms with Crippen molar-refractivity contribution < 1.29 is 19.2 Å². The predicted molar refractivity (Wildman–Crippen MR) is 148 cm³/mol. The number of hydrogen-bond donors (Lipinski definition) is 0. The summed E-state index contributed by atoms with van der Waals surface area (Å²) in [7, 11) is 0. The van der Waals surface area contributed by atoms with E-state index < -0.39 is 28.5 Å². The van der Waals surface area contributed by atoms with Gasteiger partial charge in [-0.1, -0.05) is 0 Å². The fraction of sp³-hybridized carbons (Fsp3) is 0.323. The van der Waals surface area contributed by atoms with Crippen LogP contribution >= 0.6 is 0 Å². The van der Waals surface area contributed by atoms with E-state index in [0.717, 1.165) is 37.7 Å². The maximum atomic E-state index is 13.4. The predicted octanol–water partition coefficient (Wildman–Crippen LogP) is 5.84. The van der Waals surface area contributed by atoms with Crippen LogP contribution in [-0.2, 0) is 9.47 Å². The van der Waals surface area contributed by atoms with Crippen molar-refractivity contribution in [1.82, 2.24) is 0 Å². The zero-order valence-corrected chi connectivity index (χ0v) is 23.1. The van der Waals surface area contributed by atoms with Crippen LogP contribution in [0.3, 0.4) is 0 Å². The number of carbonyl (C=O) groups excluding carboxylic acids is 1. The molecule has 3 aromatic rings. The molecule has 196 valence electrons. The molecule has 0 aliphatic heterocycles. The van der Waals surface area contributed by atoms with Gasteiger partial charge in [0.05, 0.1) is 0 Å². The Morgan fingerprint density at radius 1 is 0.974 bits per heavy atom. The summed E-state index contributed by atoms with van der Waals surface area (Å²) in [5.41, 5.74) is 0.571. The van der Waals surface area contributed by atoms with Crippen LogP contribution in [0.4, 0.5) is 5.69 Å². The average Bonchev–Trinajstić information content (AvgIpc) is 2.96. The van der Waals surface area contributed by atoms with Crippen LogP contribution < -0.4 is 4.46 Å². The van der Waals surface area contributed by atoms with Gasteiger partial charge in [0.25, 0.3) is 0 Å². The molecule has 0 unspecified atom stereocenters. The molecule has 6 nitrogen and oxygen atoms in total. The van der Waals surface area contributed by atoms with Crippen molar-refractivity contribution in [1.29, 1.82) is 0 Å². The van der Waals surface area contributed by atoms with Crippen molar-refractivity contribution in [2.45, 2.75) is 51.2 Å². The Kier molecular flexibility index (Phi) is 9.73. The average molecular weight is 577 g/mol. The van der Waals surface area contributed by atoms with Crippen molar-refractivity contribution in [3.8, 4) is 10.7 Å². The Hall–Kier alpha value is -3.43. The summed E-state index contributed by atoms with van der Waals surface area (Å²) in [5.74, 6) is 2.93. The third-order valence-corrected chi connectivity index (χ3v) is 8.43. The molecule has 7 heteroatoms. The standard InChI is InChI=1S/C31H31NO5Se/c1-2-36-28(20-23-38-27-14-8-4-9-15-27)31(21-10-5-11-22-31)29(24-12-6-3-7-13-24)37-30(33)25-16-18-26(19-17-25)32(34)35/h3-4,6-9,12-19,28-29H,2,5,10-11,21-22H2,1H3/t28-,29+/m0/s1. The summed E-state index contributed by atoms with van der Waals surface area (Å²) in [6.45, 7) is 2.46. The molecule has 2 atom stereocenters. The van der Waals surface area contributed by atoms with Crippen LogP contribution in [0.1, 0.15) is 61.1 Å². The molecule has 0 bridgehead atoms. The number of nitro groups is 1. The van der Waals surface area contributed by atoms with Crippen molar-refractivity contribution in [2.75, 3.05) is 6.61 Å². The summed E-state index contributed by atoms with van der Waals surface area (Å²) >= 11 is -0.0237. The molecule has 0 spiro atoms. The van der Waals surface area contributed by atoms with E-state index in [4.69, 9.17) is 9.47 Å². The number of rotatable bonds is 9. The monoisotopic (exact) mass is 577 g/mol. The number of carbonyl (C=O) groups is 1. The number of non-ortho nitro benzene ring substituents is 1. The van der Waals surface area contributed by atoms with Crippen molar-refractivity contribution in [3.05, 3.63) is 106 Å². The van der Waals surface area contributed by atoms with E-state index in [0.29, 0.717) is 6.61 Å². The van der Waals surface area contributed by atoms with Crippen molar-refractivity contribution >= 4 is 31.1 Å². The molecule has 0 heterocycles. The number of esters is 1. The second-order valence-corrected chi connectivity index (χ2v) is 11.1. The van der Waals surface area contributed by atoms with Crippen LogP contribution in [0, 0.1) is 26.3 Å². The van der Waals surface area contributed by atoms with Gasteiger partial charge in [-0.2, -0.15) is 0 Å². The molecule has 0 amide bonds. The van der Waals surface area contributed by atoms with Crippen LogP contribution in [0.15, 0.2) is 84.9 Å². The quantitative estimate of drug-likeness (QED) is 0.105. The van der Waals surface area contributed by atoms with Crippen LogP contribution in [0.25, 0.3) is 0 Å². The minimum atomic E-state index is -0.582. The van der Waals surface area contributed by atoms with E-state index in [1.54, 1.807) is 0 Å². The second-order valence-electron chi connectivity index (χ2n) is 9.29. The first-order chi connectivity index (χ1) is 18.5. The SMILES string of the molecule is CCO[C@@H](C#C[Se]c1ccccc1)C1([C@H](OC(=O)c2ccc([N+](=O)[O-])cc2)c2ccccc2)CCCCC1. The van der Waals surface area contributed by atoms with Gasteiger partial charge in [-0.05, 0) is 0 Å². The van der Waals surface area contributed by atoms with Gasteiger partial charge in [0.2, 0.25) is 0 Å². The normalized spacial score (nSPS) is 15.9. The molecule has 3 aromatic carbocycles. The molecule has 1 fully saturated rings. The molecular weight excluding hydrogens is 545 g/mol. The van der Waals surface area contributed by atoms with E-state index in [9.17, 15) is 14.9 Å². The first-order valence-corrected chi connectivity index (χ1v) is 14.6. The first kappa shape index (κ1) is 27.6. The number of benzene rings is 3. The molecule has 4 rings (SSSR count). The van der Waals surface area contributed by atoms with E-state index in [2.05, 4.69) is 22.9 Å². The van der Waals surface area contributed by atoms with Gasteiger partial charge in [0, 0.05) is 0 Å². The molecule has 0 aromatic heterocycles. The fourth-order valence-corrected chi connectivity index (χ4v) is 6.27. The summed E-state index contributed by atoms with van der Waals surface area (Å²) < 4.78 is 13.8. The van der Waals surface area contributed by atoms with Gasteiger partial charge in [0.15, 0.2) is 0 Å². The maximum absolute atomic E-state index is 13.4. The minimum absolute atomic E-state index is 0.0237. The second kappa shape index (κ2) is 13.4. The van der Waals surface area contributed by atoms with Crippen LogP contribution in [0.5, 0.6) is 0 Å². The van der Waals surface area contributed by atoms with Gasteiger partial charge in [-0.25, -0.2) is 0 Å². The van der Waals surface area contributed by atoms with E-state index in [1.807, 2.05) is 55.5 Å². The Balaban J connectivity index is 1.71. The summed E-state index contributed by atoms with van der Waals surface area (Å²) in [5, 5.41) is 11.1. The van der Waals surface area contributed by atoms with E-state index >= 15 is 0 Å². The number of ether oxygens (including phenoxy) is 2. The molecule has 0 saturated heterocycles. The van der Waals surface area contributed by atoms with Gasteiger partial charge < -0.3 is 0 Å². The Morgan fingerprint density at radius 2 is 1.61 bits per heavy atom. The summed E-state index contributed by atoms with van der Waals surface area (Å²) in [6, 6.07) is 25.5.